The van der Waals surface area contributed by atoms with Gasteiger partial charge in [-0.3, -0.25) is 0 Å². The molecule has 0 bridgehead atoms. The molecule has 0 aliphatic heterocycles. The van der Waals surface area contributed by atoms with Crippen molar-refractivity contribution in [3.8, 4) is 6.07 Å². The Kier molecular flexibility index (Phi) is 2.02. The lowest BCUT2D eigenvalue weighted by molar-refractivity contribution is 0.626. The minimum atomic E-state index is -0.494. The predicted octanol–water partition coefficient (Wildman–Crippen LogP) is 3.07. The number of nitriles is 1. The van der Waals surface area contributed by atoms with E-state index in [9.17, 15) is 4.39 Å². The van der Waals surface area contributed by atoms with Crippen LogP contribution < -0.4 is 0 Å². The minimum Gasteiger partial charge on any atom is -0.229 e. The number of hydrogen-bond acceptors (Lipinski definition) is 3. The molecule has 0 radical (unpaired) electrons. The van der Waals surface area contributed by atoms with Crippen LogP contribution in [-0.4, -0.2) is 4.98 Å². The smallest absolute Gasteiger partial charge is 0.160 e. The van der Waals surface area contributed by atoms with E-state index in [2.05, 4.69) is 20.9 Å². The van der Waals surface area contributed by atoms with E-state index in [4.69, 9.17) is 5.26 Å². The topological polar surface area (TPSA) is 36.7 Å². The Balaban J connectivity index is 2.93. The molecular formula is C8H2BrFN2S. The highest BCUT2D eigenvalue weighted by Crippen LogP contribution is 2.29. The van der Waals surface area contributed by atoms with Gasteiger partial charge in [-0.15, -0.1) is 11.3 Å². The average Bonchev–Trinajstić information content (AvgIpc) is 2.45. The summed E-state index contributed by atoms with van der Waals surface area (Å²) in [5.74, 6) is -0.494. The third-order valence-electron chi connectivity index (χ3n) is 1.59. The summed E-state index contributed by atoms with van der Waals surface area (Å²) in [5.41, 5.74) is 0.718. The molecule has 2 rings (SSSR count). The number of benzene rings is 1. The molecule has 5 heteroatoms. The van der Waals surface area contributed by atoms with Crippen molar-refractivity contribution in [2.75, 3.05) is 0 Å². The summed E-state index contributed by atoms with van der Waals surface area (Å²) in [6.45, 7) is 0. The van der Waals surface area contributed by atoms with E-state index in [-0.39, 0.29) is 5.56 Å². The van der Waals surface area contributed by atoms with Crippen LogP contribution in [0.25, 0.3) is 10.2 Å². The zero-order valence-corrected chi connectivity index (χ0v) is 8.62. The van der Waals surface area contributed by atoms with Gasteiger partial charge in [0.1, 0.15) is 17.4 Å². The highest BCUT2D eigenvalue weighted by atomic mass is 79.9. The highest BCUT2D eigenvalue weighted by Gasteiger charge is 2.10. The van der Waals surface area contributed by atoms with E-state index >= 15 is 0 Å². The van der Waals surface area contributed by atoms with Crippen LogP contribution in [-0.2, 0) is 0 Å². The number of thiazole rings is 1. The van der Waals surface area contributed by atoms with Crippen LogP contribution >= 0.6 is 27.3 Å². The molecule has 0 atom stereocenters. The van der Waals surface area contributed by atoms with Crippen molar-refractivity contribution in [3.05, 3.63) is 27.4 Å². The van der Waals surface area contributed by atoms with E-state index < -0.39 is 5.82 Å². The van der Waals surface area contributed by atoms with Gasteiger partial charge in [0.05, 0.1) is 10.2 Å². The summed E-state index contributed by atoms with van der Waals surface area (Å²) in [5, 5.41) is 8.70. The summed E-state index contributed by atoms with van der Waals surface area (Å²) in [6, 6.07) is 4.65. The van der Waals surface area contributed by atoms with Crippen molar-refractivity contribution in [1.82, 2.24) is 4.98 Å². The lowest BCUT2D eigenvalue weighted by Crippen LogP contribution is -1.82. The van der Waals surface area contributed by atoms with Gasteiger partial charge in [-0.05, 0) is 28.1 Å². The molecular weight excluding hydrogens is 255 g/mol. The van der Waals surface area contributed by atoms with Gasteiger partial charge in [-0.1, -0.05) is 0 Å². The molecule has 64 valence electrons. The Bertz CT molecular complexity index is 515. The second-order valence-corrected chi connectivity index (χ2v) is 4.62. The molecule has 0 saturated heterocycles. The second kappa shape index (κ2) is 3.05. The summed E-state index contributed by atoms with van der Waals surface area (Å²) < 4.78 is 14.3. The molecule has 1 aromatic carbocycles. The zero-order chi connectivity index (χ0) is 9.42. The maximum absolute atomic E-state index is 13.1. The van der Waals surface area contributed by atoms with Crippen molar-refractivity contribution < 1.29 is 4.39 Å². The molecule has 0 unspecified atom stereocenters. The van der Waals surface area contributed by atoms with E-state index in [0.29, 0.717) is 14.1 Å². The SMILES string of the molecule is N#Cc1c(F)ccc2nc(Br)sc12. The summed E-state index contributed by atoms with van der Waals surface area (Å²) in [6.07, 6.45) is 0. The van der Waals surface area contributed by atoms with Gasteiger partial charge in [0.15, 0.2) is 3.92 Å². The molecule has 0 N–H and O–H groups in total. The number of hydrogen-bond donors (Lipinski definition) is 0. The molecule has 0 spiro atoms. The maximum Gasteiger partial charge on any atom is 0.160 e. The highest BCUT2D eigenvalue weighted by molar-refractivity contribution is 9.11. The minimum absolute atomic E-state index is 0.0701. The second-order valence-electron chi connectivity index (χ2n) is 2.35. The average molecular weight is 257 g/mol. The summed E-state index contributed by atoms with van der Waals surface area (Å²) in [4.78, 5) is 4.08. The van der Waals surface area contributed by atoms with Crippen LogP contribution in [0.15, 0.2) is 16.0 Å². The first kappa shape index (κ1) is 8.60. The van der Waals surface area contributed by atoms with Crippen LogP contribution in [0.1, 0.15) is 5.56 Å². The molecule has 1 heterocycles. The Labute approximate surface area is 85.8 Å². The Morgan fingerprint density at radius 3 is 3.00 bits per heavy atom. The van der Waals surface area contributed by atoms with E-state index in [1.807, 2.05) is 6.07 Å². The summed E-state index contributed by atoms with van der Waals surface area (Å²) >= 11 is 4.45. The molecule has 2 aromatic rings. The number of fused-ring (bicyclic) bond motifs is 1. The monoisotopic (exact) mass is 256 g/mol. The van der Waals surface area contributed by atoms with Crippen LogP contribution in [0.5, 0.6) is 0 Å². The number of aromatic nitrogens is 1. The molecule has 2 nitrogen and oxygen atoms in total. The number of halogens is 2. The van der Waals surface area contributed by atoms with Crippen molar-refractivity contribution in [2.24, 2.45) is 0 Å². The number of rotatable bonds is 0. The van der Waals surface area contributed by atoms with Gasteiger partial charge in [-0.25, -0.2) is 9.37 Å². The zero-order valence-electron chi connectivity index (χ0n) is 6.21. The van der Waals surface area contributed by atoms with Gasteiger partial charge in [-0.2, -0.15) is 5.26 Å². The van der Waals surface area contributed by atoms with E-state index in [0.717, 1.165) is 0 Å². The first-order valence-corrected chi connectivity index (χ1v) is 4.98. The maximum atomic E-state index is 13.1. The molecule has 1 aromatic heterocycles. The lowest BCUT2D eigenvalue weighted by Gasteiger charge is -1.92. The fourth-order valence-corrected chi connectivity index (χ4v) is 2.50. The van der Waals surface area contributed by atoms with Crippen LogP contribution in [0.3, 0.4) is 0 Å². The fourth-order valence-electron chi connectivity index (χ4n) is 1.04. The van der Waals surface area contributed by atoms with Crippen LogP contribution in [0.2, 0.25) is 0 Å². The molecule has 0 aliphatic carbocycles. The van der Waals surface area contributed by atoms with E-state index in [1.165, 1.54) is 17.4 Å². The fraction of sp³-hybridized carbons (Fsp3) is 0. The van der Waals surface area contributed by atoms with Gasteiger partial charge in [0, 0.05) is 0 Å². The first-order chi connectivity index (χ1) is 6.22. The van der Waals surface area contributed by atoms with E-state index in [1.54, 1.807) is 6.07 Å². The first-order valence-electron chi connectivity index (χ1n) is 3.37. The molecule has 0 amide bonds. The standard InChI is InChI=1S/C8H2BrFN2S/c9-8-12-6-2-1-5(10)4(3-11)7(6)13-8/h1-2H. The van der Waals surface area contributed by atoms with Gasteiger partial charge >= 0.3 is 0 Å². The molecule has 0 saturated carbocycles. The van der Waals surface area contributed by atoms with Crippen molar-refractivity contribution in [1.29, 1.82) is 5.26 Å². The normalized spacial score (nSPS) is 10.2. The quantitative estimate of drug-likeness (QED) is 0.727. The van der Waals surface area contributed by atoms with Crippen molar-refractivity contribution in [3.63, 3.8) is 0 Å². The van der Waals surface area contributed by atoms with Crippen LogP contribution in [0.4, 0.5) is 4.39 Å². The third-order valence-corrected chi connectivity index (χ3v) is 3.13. The predicted molar refractivity (Wildman–Crippen MR) is 52.0 cm³/mol. The Morgan fingerprint density at radius 1 is 1.54 bits per heavy atom. The molecule has 0 fully saturated rings. The third kappa shape index (κ3) is 1.32. The van der Waals surface area contributed by atoms with Crippen molar-refractivity contribution >= 4 is 37.5 Å². The van der Waals surface area contributed by atoms with Crippen molar-refractivity contribution in [2.45, 2.75) is 0 Å². The van der Waals surface area contributed by atoms with Gasteiger partial charge in [0.2, 0.25) is 0 Å². The van der Waals surface area contributed by atoms with Gasteiger partial charge < -0.3 is 0 Å². The number of nitrogens with zero attached hydrogens (tertiary/aromatic N) is 2. The Morgan fingerprint density at radius 2 is 2.31 bits per heavy atom. The summed E-state index contributed by atoms with van der Waals surface area (Å²) in [7, 11) is 0. The molecule has 0 aliphatic rings. The Hall–Kier alpha value is -0.990. The van der Waals surface area contributed by atoms with Crippen LogP contribution in [0, 0.1) is 17.1 Å². The molecule has 13 heavy (non-hydrogen) atoms. The largest absolute Gasteiger partial charge is 0.229 e. The van der Waals surface area contributed by atoms with Gasteiger partial charge in [0.25, 0.3) is 0 Å². The lowest BCUT2D eigenvalue weighted by atomic mass is 10.2.